The van der Waals surface area contributed by atoms with Crippen LogP contribution in [0.1, 0.15) is 15.9 Å². The van der Waals surface area contributed by atoms with Crippen LogP contribution in [0.3, 0.4) is 0 Å². The molecule has 4 rings (SSSR count). The highest BCUT2D eigenvalue weighted by atomic mass is 16.2. The molecule has 0 aliphatic rings. The monoisotopic (exact) mass is 358 g/mol. The minimum Gasteiger partial charge on any atom is -0.337 e. The fourth-order valence-corrected chi connectivity index (χ4v) is 3.04. The molecule has 0 radical (unpaired) electrons. The summed E-state index contributed by atoms with van der Waals surface area (Å²) in [6, 6.07) is 15.3. The van der Waals surface area contributed by atoms with Crippen molar-refractivity contribution >= 4 is 16.7 Å². The van der Waals surface area contributed by atoms with Gasteiger partial charge in [-0.05, 0) is 34.4 Å². The number of pyridine rings is 1. The van der Waals surface area contributed by atoms with Crippen LogP contribution in [0.15, 0.2) is 60.9 Å². The molecule has 0 bridgehead atoms. The lowest BCUT2D eigenvalue weighted by Crippen LogP contribution is -2.26. The van der Waals surface area contributed by atoms with Gasteiger partial charge >= 0.3 is 0 Å². The summed E-state index contributed by atoms with van der Waals surface area (Å²) >= 11 is 0. The first kappa shape index (κ1) is 16.8. The molecule has 0 saturated carbocycles. The van der Waals surface area contributed by atoms with Gasteiger partial charge in [-0.1, -0.05) is 30.3 Å². The van der Waals surface area contributed by atoms with Gasteiger partial charge in [0.25, 0.3) is 5.91 Å². The van der Waals surface area contributed by atoms with E-state index >= 15 is 0 Å². The molecule has 0 N–H and O–H groups in total. The van der Waals surface area contributed by atoms with Crippen LogP contribution in [0.25, 0.3) is 22.2 Å². The van der Waals surface area contributed by atoms with Gasteiger partial charge in [0.05, 0.1) is 7.05 Å². The van der Waals surface area contributed by atoms with E-state index in [1.807, 2.05) is 42.6 Å². The van der Waals surface area contributed by atoms with Crippen LogP contribution in [-0.4, -0.2) is 43.0 Å². The molecule has 0 unspecified atom stereocenters. The van der Waals surface area contributed by atoms with Crippen LogP contribution in [-0.2, 0) is 13.6 Å². The average Bonchev–Trinajstić information content (AvgIpc) is 3.14. The predicted molar refractivity (Wildman–Crippen MR) is 102 cm³/mol. The zero-order valence-electron chi connectivity index (χ0n) is 15.1. The summed E-state index contributed by atoms with van der Waals surface area (Å²) in [7, 11) is 3.52. The number of rotatable bonds is 4. The summed E-state index contributed by atoms with van der Waals surface area (Å²) in [5.41, 5.74) is 2.53. The molecule has 2 heterocycles. The van der Waals surface area contributed by atoms with Crippen LogP contribution in [0.2, 0.25) is 0 Å². The highest BCUT2D eigenvalue weighted by Gasteiger charge is 2.14. The maximum atomic E-state index is 12.8. The van der Waals surface area contributed by atoms with Crippen molar-refractivity contribution in [2.75, 3.05) is 7.05 Å². The van der Waals surface area contributed by atoms with Crippen molar-refractivity contribution in [2.24, 2.45) is 7.05 Å². The molecule has 7 heteroatoms. The number of hydrogen-bond donors (Lipinski definition) is 0. The topological polar surface area (TPSA) is 76.8 Å². The maximum Gasteiger partial charge on any atom is 0.253 e. The Morgan fingerprint density at radius 1 is 1.11 bits per heavy atom. The second-order valence-electron chi connectivity index (χ2n) is 6.36. The van der Waals surface area contributed by atoms with E-state index in [2.05, 4.69) is 20.4 Å². The van der Waals surface area contributed by atoms with Crippen molar-refractivity contribution in [1.82, 2.24) is 30.1 Å². The second kappa shape index (κ2) is 6.95. The molecule has 7 nitrogen and oxygen atoms in total. The molecule has 2 aromatic heterocycles. The summed E-state index contributed by atoms with van der Waals surface area (Å²) in [6.45, 7) is 0.521. The number of carbonyl (C=O) groups is 1. The Morgan fingerprint density at radius 2 is 1.93 bits per heavy atom. The van der Waals surface area contributed by atoms with Gasteiger partial charge in [-0.3, -0.25) is 9.78 Å². The largest absolute Gasteiger partial charge is 0.337 e. The number of amides is 1. The molecule has 0 aliphatic carbocycles. The van der Waals surface area contributed by atoms with Crippen molar-refractivity contribution in [1.29, 1.82) is 0 Å². The maximum absolute atomic E-state index is 12.8. The lowest BCUT2D eigenvalue weighted by atomic mass is 10.1. The van der Waals surface area contributed by atoms with Gasteiger partial charge in [0, 0.05) is 42.5 Å². The van der Waals surface area contributed by atoms with Gasteiger partial charge in [-0.25, -0.2) is 0 Å². The van der Waals surface area contributed by atoms with Gasteiger partial charge in [0.1, 0.15) is 0 Å². The van der Waals surface area contributed by atoms with E-state index in [0.717, 1.165) is 21.9 Å². The lowest BCUT2D eigenvalue weighted by Gasteiger charge is -2.18. The number of benzene rings is 2. The molecule has 0 atom stereocenters. The van der Waals surface area contributed by atoms with Crippen molar-refractivity contribution in [3.63, 3.8) is 0 Å². The van der Waals surface area contributed by atoms with Crippen LogP contribution in [0, 0.1) is 0 Å². The van der Waals surface area contributed by atoms with E-state index < -0.39 is 0 Å². The normalized spacial score (nSPS) is 10.9. The first-order chi connectivity index (χ1) is 13.1. The van der Waals surface area contributed by atoms with Crippen LogP contribution in [0.5, 0.6) is 0 Å². The fraction of sp³-hybridized carbons (Fsp3) is 0.150. The Morgan fingerprint density at radius 3 is 2.67 bits per heavy atom. The number of aromatic nitrogens is 5. The minimum absolute atomic E-state index is 0.0419. The third-order valence-corrected chi connectivity index (χ3v) is 4.42. The molecule has 0 aliphatic heterocycles. The lowest BCUT2D eigenvalue weighted by molar-refractivity contribution is 0.0785. The van der Waals surface area contributed by atoms with E-state index in [0.29, 0.717) is 17.9 Å². The van der Waals surface area contributed by atoms with E-state index in [4.69, 9.17) is 0 Å². The number of hydrogen-bond acceptors (Lipinski definition) is 5. The fourth-order valence-electron chi connectivity index (χ4n) is 3.04. The van der Waals surface area contributed by atoms with Crippen molar-refractivity contribution in [2.45, 2.75) is 6.54 Å². The smallest absolute Gasteiger partial charge is 0.253 e. The molecule has 1 amide bonds. The Labute approximate surface area is 156 Å². The van der Waals surface area contributed by atoms with Crippen LogP contribution >= 0.6 is 0 Å². The number of carbonyl (C=O) groups excluding carboxylic acids is 1. The van der Waals surface area contributed by atoms with Gasteiger partial charge in [0.2, 0.25) is 5.82 Å². The molecule has 27 heavy (non-hydrogen) atoms. The highest BCUT2D eigenvalue weighted by molar-refractivity contribution is 5.95. The zero-order chi connectivity index (χ0) is 18.8. The van der Waals surface area contributed by atoms with Crippen LogP contribution in [0.4, 0.5) is 0 Å². The highest BCUT2D eigenvalue weighted by Crippen LogP contribution is 2.20. The summed E-state index contributed by atoms with van der Waals surface area (Å²) < 4.78 is 0. The average molecular weight is 358 g/mol. The first-order valence-electron chi connectivity index (χ1n) is 8.53. The van der Waals surface area contributed by atoms with E-state index in [1.54, 1.807) is 37.3 Å². The van der Waals surface area contributed by atoms with Crippen molar-refractivity contribution in [3.05, 3.63) is 72.1 Å². The molecule has 0 saturated heterocycles. The quantitative estimate of drug-likeness (QED) is 0.561. The van der Waals surface area contributed by atoms with Crippen LogP contribution < -0.4 is 0 Å². The number of nitrogens with zero attached hydrogens (tertiary/aromatic N) is 6. The molecule has 0 fully saturated rings. The summed E-state index contributed by atoms with van der Waals surface area (Å²) in [5.74, 6) is 0.494. The number of tetrazole rings is 1. The SMILES string of the molecule is CN(Cc1cccc2cnccc12)C(=O)c1ccc(-c2nnn(C)n2)cc1. The van der Waals surface area contributed by atoms with Crippen molar-refractivity contribution in [3.8, 4) is 11.4 Å². The van der Waals surface area contributed by atoms with Gasteiger partial charge in [-0.15, -0.1) is 10.2 Å². The molecule has 4 aromatic rings. The Hall–Kier alpha value is -3.61. The van der Waals surface area contributed by atoms with Gasteiger partial charge in [0.15, 0.2) is 0 Å². The van der Waals surface area contributed by atoms with Gasteiger partial charge < -0.3 is 4.90 Å². The number of aryl methyl sites for hydroxylation is 1. The third-order valence-electron chi connectivity index (χ3n) is 4.42. The first-order valence-corrected chi connectivity index (χ1v) is 8.53. The molecular weight excluding hydrogens is 340 g/mol. The van der Waals surface area contributed by atoms with E-state index in [-0.39, 0.29) is 5.91 Å². The number of fused-ring (bicyclic) bond motifs is 1. The molecule has 2 aromatic carbocycles. The zero-order valence-corrected chi connectivity index (χ0v) is 15.1. The van der Waals surface area contributed by atoms with Gasteiger partial charge in [-0.2, -0.15) is 4.80 Å². The second-order valence-corrected chi connectivity index (χ2v) is 6.36. The molecule has 0 spiro atoms. The van der Waals surface area contributed by atoms with Crippen molar-refractivity contribution < 1.29 is 4.79 Å². The minimum atomic E-state index is -0.0419. The Bertz CT molecular complexity index is 1100. The summed E-state index contributed by atoms with van der Waals surface area (Å²) in [4.78, 5) is 20.1. The third kappa shape index (κ3) is 3.39. The summed E-state index contributed by atoms with van der Waals surface area (Å²) in [6.07, 6.45) is 3.60. The van der Waals surface area contributed by atoms with E-state index in [1.165, 1.54) is 4.80 Å². The molecule has 134 valence electrons. The molecular formula is C20H18N6O. The Balaban J connectivity index is 1.53. The summed E-state index contributed by atoms with van der Waals surface area (Å²) in [5, 5.41) is 14.2. The van der Waals surface area contributed by atoms with E-state index in [9.17, 15) is 4.79 Å². The predicted octanol–water partition coefficient (Wildman–Crippen LogP) is 2.70. The Kier molecular flexibility index (Phi) is 4.33. The standard InChI is InChI=1S/C20H18N6O/c1-25(13-17-5-3-4-16-12-21-11-10-18(16)17)20(27)15-8-6-14(7-9-15)19-22-24-26(2)23-19/h3-12H,13H2,1-2H3.